The van der Waals surface area contributed by atoms with Crippen molar-refractivity contribution in [2.24, 2.45) is 11.8 Å². The topological polar surface area (TPSA) is 38.3 Å². The number of hydrogen-bond acceptors (Lipinski definition) is 4. The van der Waals surface area contributed by atoms with Crippen LogP contribution in [0.5, 0.6) is 0 Å². The Labute approximate surface area is 111 Å². The molecule has 1 aromatic carbocycles. The molecule has 2 saturated heterocycles. The molecule has 2 aliphatic rings. The lowest BCUT2D eigenvalue weighted by atomic mass is 9.88. The van der Waals surface area contributed by atoms with E-state index in [2.05, 4.69) is 5.32 Å². The third kappa shape index (κ3) is 2.40. The molecule has 0 aromatic heterocycles. The lowest BCUT2D eigenvalue weighted by Crippen LogP contribution is -2.53. The van der Waals surface area contributed by atoms with Gasteiger partial charge in [-0.25, -0.2) is 4.79 Å². The number of hydrogen-bond donors (Lipinski definition) is 1. The van der Waals surface area contributed by atoms with Gasteiger partial charge in [0.1, 0.15) is 6.10 Å². The molecule has 1 N–H and O–H groups in total. The highest BCUT2D eigenvalue weighted by atomic mass is 32.2. The van der Waals surface area contributed by atoms with E-state index in [9.17, 15) is 4.79 Å². The number of esters is 1. The van der Waals surface area contributed by atoms with E-state index in [0.29, 0.717) is 17.4 Å². The van der Waals surface area contributed by atoms with Gasteiger partial charge in [0.05, 0.1) is 5.56 Å². The molecule has 0 aliphatic carbocycles. The highest BCUT2D eigenvalue weighted by Gasteiger charge is 2.39. The van der Waals surface area contributed by atoms with Gasteiger partial charge in [0, 0.05) is 36.4 Å². The van der Waals surface area contributed by atoms with Crippen LogP contribution in [0.25, 0.3) is 0 Å². The van der Waals surface area contributed by atoms with Gasteiger partial charge in [0.15, 0.2) is 0 Å². The number of rotatable bonds is 2. The molecule has 4 heteroatoms. The van der Waals surface area contributed by atoms with Crippen LogP contribution in [0.1, 0.15) is 10.4 Å². The Morgan fingerprint density at radius 3 is 2.50 bits per heavy atom. The molecule has 96 valence electrons. The van der Waals surface area contributed by atoms with E-state index in [4.69, 9.17) is 4.74 Å². The number of carbonyl (C=O) groups excluding carboxylic acids is 1. The zero-order valence-electron chi connectivity index (χ0n) is 10.2. The van der Waals surface area contributed by atoms with Gasteiger partial charge in [-0.15, -0.1) is 0 Å². The Balaban J connectivity index is 1.70. The molecule has 1 aromatic rings. The van der Waals surface area contributed by atoms with Crippen molar-refractivity contribution < 1.29 is 9.53 Å². The second kappa shape index (κ2) is 5.33. The summed E-state index contributed by atoms with van der Waals surface area (Å²) in [6.07, 6.45) is 0.0974. The molecule has 0 amide bonds. The zero-order chi connectivity index (χ0) is 12.4. The van der Waals surface area contributed by atoms with E-state index < -0.39 is 0 Å². The molecular formula is C14H17NO2S. The summed E-state index contributed by atoms with van der Waals surface area (Å²) in [6.45, 7) is 1.94. The first-order valence-electron chi connectivity index (χ1n) is 6.39. The van der Waals surface area contributed by atoms with Gasteiger partial charge in [0.25, 0.3) is 0 Å². The van der Waals surface area contributed by atoms with Crippen LogP contribution in [0.2, 0.25) is 0 Å². The Hall–Kier alpha value is -1.00. The summed E-state index contributed by atoms with van der Waals surface area (Å²) in [5, 5.41) is 3.43. The average molecular weight is 263 g/mol. The zero-order valence-corrected chi connectivity index (χ0v) is 11.0. The summed E-state index contributed by atoms with van der Waals surface area (Å²) in [5.41, 5.74) is 0.654. The number of nitrogens with one attached hydrogen (secondary N) is 1. The van der Waals surface area contributed by atoms with E-state index >= 15 is 0 Å². The number of thioether (sulfide) groups is 1. The van der Waals surface area contributed by atoms with Crippen LogP contribution in [0, 0.1) is 11.8 Å². The van der Waals surface area contributed by atoms with Gasteiger partial charge in [-0.05, 0) is 12.1 Å². The monoisotopic (exact) mass is 263 g/mol. The average Bonchev–Trinajstić information content (AvgIpc) is 2.39. The van der Waals surface area contributed by atoms with Crippen molar-refractivity contribution in [2.75, 3.05) is 24.6 Å². The van der Waals surface area contributed by atoms with Crippen molar-refractivity contribution in [3.63, 3.8) is 0 Å². The minimum absolute atomic E-state index is 0.0974. The number of carbonyl (C=O) groups is 1. The van der Waals surface area contributed by atoms with Crippen LogP contribution in [-0.4, -0.2) is 36.7 Å². The second-order valence-corrected chi connectivity index (χ2v) is 6.03. The van der Waals surface area contributed by atoms with E-state index in [0.717, 1.165) is 24.6 Å². The fraction of sp³-hybridized carbons (Fsp3) is 0.500. The predicted molar refractivity (Wildman–Crippen MR) is 72.8 cm³/mol. The van der Waals surface area contributed by atoms with E-state index in [1.807, 2.05) is 42.1 Å². The maximum absolute atomic E-state index is 12.1. The summed E-state index contributed by atoms with van der Waals surface area (Å²) in [4.78, 5) is 12.1. The number of piperidine rings is 1. The molecule has 0 saturated carbocycles. The summed E-state index contributed by atoms with van der Waals surface area (Å²) in [5.74, 6) is 2.95. The number of ether oxygens (including phenoxy) is 1. The SMILES string of the molecule is O=C(OC1C2CNCC1CSC2)c1ccccc1. The molecule has 2 aliphatic heterocycles. The maximum Gasteiger partial charge on any atom is 0.338 e. The second-order valence-electron chi connectivity index (χ2n) is 4.95. The van der Waals surface area contributed by atoms with Gasteiger partial charge >= 0.3 is 5.97 Å². The van der Waals surface area contributed by atoms with E-state index in [1.54, 1.807) is 0 Å². The molecule has 2 unspecified atom stereocenters. The van der Waals surface area contributed by atoms with Crippen LogP contribution in [0.15, 0.2) is 30.3 Å². The Kier molecular flexibility index (Phi) is 3.57. The minimum Gasteiger partial charge on any atom is -0.458 e. The third-order valence-electron chi connectivity index (χ3n) is 3.66. The predicted octanol–water partition coefficient (Wildman–Crippen LogP) is 1.79. The lowest BCUT2D eigenvalue weighted by molar-refractivity contribution is -0.0114. The van der Waals surface area contributed by atoms with Crippen molar-refractivity contribution in [1.82, 2.24) is 5.32 Å². The molecule has 0 radical (unpaired) electrons. The van der Waals surface area contributed by atoms with Gasteiger partial charge in [-0.1, -0.05) is 18.2 Å². The highest BCUT2D eigenvalue weighted by molar-refractivity contribution is 7.99. The van der Waals surface area contributed by atoms with Gasteiger partial charge < -0.3 is 10.1 Å². The fourth-order valence-electron chi connectivity index (χ4n) is 2.71. The molecule has 2 fully saturated rings. The lowest BCUT2D eigenvalue weighted by Gasteiger charge is -2.41. The van der Waals surface area contributed by atoms with Gasteiger partial charge in [0.2, 0.25) is 0 Å². The number of benzene rings is 1. The van der Waals surface area contributed by atoms with E-state index in [-0.39, 0.29) is 12.1 Å². The van der Waals surface area contributed by atoms with Crippen molar-refractivity contribution in [3.05, 3.63) is 35.9 Å². The van der Waals surface area contributed by atoms with Crippen LogP contribution >= 0.6 is 11.8 Å². The van der Waals surface area contributed by atoms with Crippen molar-refractivity contribution in [1.29, 1.82) is 0 Å². The quantitative estimate of drug-likeness (QED) is 0.826. The summed E-state index contributed by atoms with van der Waals surface area (Å²) in [6, 6.07) is 9.28. The molecule has 18 heavy (non-hydrogen) atoms. The molecule has 3 nitrogen and oxygen atoms in total. The Morgan fingerprint density at radius 1 is 1.17 bits per heavy atom. The first-order chi connectivity index (χ1) is 8.84. The van der Waals surface area contributed by atoms with Crippen LogP contribution in [0.4, 0.5) is 0 Å². The van der Waals surface area contributed by atoms with Crippen molar-refractivity contribution in [3.8, 4) is 0 Å². The van der Waals surface area contributed by atoms with Gasteiger partial charge in [-0.3, -0.25) is 0 Å². The largest absolute Gasteiger partial charge is 0.458 e. The fourth-order valence-corrected chi connectivity index (χ4v) is 4.06. The summed E-state index contributed by atoms with van der Waals surface area (Å²) < 4.78 is 5.75. The van der Waals surface area contributed by atoms with Crippen LogP contribution in [0.3, 0.4) is 0 Å². The van der Waals surface area contributed by atoms with Crippen LogP contribution in [-0.2, 0) is 4.74 Å². The molecule has 2 heterocycles. The van der Waals surface area contributed by atoms with Crippen molar-refractivity contribution >= 4 is 17.7 Å². The minimum atomic E-state index is -0.176. The molecule has 0 spiro atoms. The smallest absolute Gasteiger partial charge is 0.338 e. The Bertz CT molecular complexity index is 401. The molecule has 2 atom stereocenters. The van der Waals surface area contributed by atoms with Gasteiger partial charge in [-0.2, -0.15) is 11.8 Å². The maximum atomic E-state index is 12.1. The normalized spacial score (nSPS) is 30.8. The third-order valence-corrected chi connectivity index (χ3v) is 4.99. The summed E-state index contributed by atoms with van der Waals surface area (Å²) in [7, 11) is 0. The first-order valence-corrected chi connectivity index (χ1v) is 7.54. The standard InChI is InChI=1S/C14H17NO2S/c16-14(10-4-2-1-3-5-10)17-13-11-6-15-7-12(13)9-18-8-11/h1-5,11-13,15H,6-9H2. The molecule has 2 bridgehead atoms. The molecule has 3 rings (SSSR count). The summed E-state index contributed by atoms with van der Waals surface area (Å²) >= 11 is 1.98. The Morgan fingerprint density at radius 2 is 1.83 bits per heavy atom. The van der Waals surface area contributed by atoms with E-state index in [1.165, 1.54) is 0 Å². The number of fused-ring (bicyclic) bond motifs is 2. The van der Waals surface area contributed by atoms with Crippen LogP contribution < -0.4 is 5.32 Å². The first kappa shape index (κ1) is 12.1. The molecular weight excluding hydrogens is 246 g/mol. The van der Waals surface area contributed by atoms with Crippen molar-refractivity contribution in [2.45, 2.75) is 6.10 Å². The highest BCUT2D eigenvalue weighted by Crippen LogP contribution is 2.32.